The Morgan fingerprint density at radius 2 is 1.93 bits per heavy atom. The van der Waals surface area contributed by atoms with Crippen LogP contribution < -0.4 is 10.6 Å². The van der Waals surface area contributed by atoms with Crippen LogP contribution in [-0.2, 0) is 0 Å². The molecule has 2 aromatic rings. The molecule has 0 bridgehead atoms. The molecule has 0 radical (unpaired) electrons. The second-order valence-corrected chi connectivity index (χ2v) is 7.36. The number of nitro groups is 1. The molecule has 3 N–H and O–H groups in total. The molecule has 1 aliphatic rings. The zero-order valence-electron chi connectivity index (χ0n) is 13.8. The van der Waals surface area contributed by atoms with Crippen LogP contribution in [0.5, 0.6) is 0 Å². The van der Waals surface area contributed by atoms with Crippen LogP contribution in [0.1, 0.15) is 21.3 Å². The highest BCUT2D eigenvalue weighted by Crippen LogP contribution is 2.44. The molecule has 1 saturated heterocycles. The molecule has 2 heterocycles. The van der Waals surface area contributed by atoms with E-state index in [1.807, 2.05) is 0 Å². The summed E-state index contributed by atoms with van der Waals surface area (Å²) in [6, 6.07) is 6.12. The highest BCUT2D eigenvalue weighted by molar-refractivity contribution is 7.80. The predicted molar refractivity (Wildman–Crippen MR) is 97.9 cm³/mol. The smallest absolute Gasteiger partial charge is 0.363 e. The van der Waals surface area contributed by atoms with Crippen LogP contribution in [0.4, 0.5) is 18.9 Å². The maximum Gasteiger partial charge on any atom is 0.437 e. The summed E-state index contributed by atoms with van der Waals surface area (Å²) in [4.78, 5) is 23.1. The number of alkyl halides is 3. The summed E-state index contributed by atoms with van der Waals surface area (Å²) in [6.45, 7) is 0. The lowest BCUT2D eigenvalue weighted by molar-refractivity contribution is -0.384. The molecule has 0 spiro atoms. The minimum absolute atomic E-state index is 0.0241. The normalized spacial score (nSPS) is 24.9. The van der Waals surface area contributed by atoms with Crippen LogP contribution in [0.3, 0.4) is 0 Å². The molecule has 7 nitrogen and oxygen atoms in total. The average Bonchev–Trinajstić information content (AvgIpc) is 3.14. The first kappa shape index (κ1) is 20.2. The standard InChI is InChI=1S/C16H12F3N3O4S2/c17-16(18,19)15(24)11(13(23)10-2-1-7-28-10)12(20-14(27)21-15)8-3-5-9(6-4-8)22(25)26/h1-7,11-12,24H,(H2,20,21,27)/t11-,12+,15+/m0/s1. The second-order valence-electron chi connectivity index (χ2n) is 6.01. The first-order valence-corrected chi connectivity index (χ1v) is 9.03. The fourth-order valence-electron chi connectivity index (χ4n) is 2.99. The summed E-state index contributed by atoms with van der Waals surface area (Å²) in [7, 11) is 0. The Bertz CT molecular complexity index is 918. The SMILES string of the molecule is O=C(c1cccs1)[C@@H]1[C@@H](c2ccc([N+](=O)[O-])cc2)NC(=S)N[C@]1(O)C(F)(F)F. The highest BCUT2D eigenvalue weighted by atomic mass is 32.1. The monoisotopic (exact) mass is 431 g/mol. The summed E-state index contributed by atoms with van der Waals surface area (Å²) in [5, 5.41) is 26.7. The van der Waals surface area contributed by atoms with Gasteiger partial charge < -0.3 is 15.7 Å². The molecule has 0 saturated carbocycles. The van der Waals surface area contributed by atoms with Gasteiger partial charge in [0.1, 0.15) is 5.92 Å². The van der Waals surface area contributed by atoms with Crippen molar-refractivity contribution >= 4 is 40.1 Å². The van der Waals surface area contributed by atoms with Gasteiger partial charge in [-0.2, -0.15) is 13.2 Å². The van der Waals surface area contributed by atoms with Crippen molar-refractivity contribution in [1.82, 2.24) is 10.6 Å². The lowest BCUT2D eigenvalue weighted by atomic mass is 9.78. The van der Waals surface area contributed by atoms with Crippen LogP contribution >= 0.6 is 23.6 Å². The van der Waals surface area contributed by atoms with E-state index in [4.69, 9.17) is 12.2 Å². The van der Waals surface area contributed by atoms with Crippen molar-refractivity contribution in [2.45, 2.75) is 17.9 Å². The van der Waals surface area contributed by atoms with Crippen molar-refractivity contribution in [3.63, 3.8) is 0 Å². The number of thiocarbonyl (C=S) groups is 1. The number of ketones is 1. The van der Waals surface area contributed by atoms with E-state index < -0.39 is 39.7 Å². The third-order valence-electron chi connectivity index (χ3n) is 4.32. The van der Waals surface area contributed by atoms with Crippen LogP contribution in [0.2, 0.25) is 0 Å². The number of hydrogen-bond acceptors (Lipinski definition) is 6. The van der Waals surface area contributed by atoms with E-state index in [2.05, 4.69) is 5.32 Å². The van der Waals surface area contributed by atoms with Gasteiger partial charge in [-0.05, 0) is 29.2 Å². The number of carbonyl (C=O) groups is 1. The number of rotatable bonds is 4. The molecule has 0 amide bonds. The van der Waals surface area contributed by atoms with E-state index >= 15 is 0 Å². The predicted octanol–water partition coefficient (Wildman–Crippen LogP) is 2.93. The van der Waals surface area contributed by atoms with E-state index in [1.54, 1.807) is 5.32 Å². The van der Waals surface area contributed by atoms with Gasteiger partial charge in [0.2, 0.25) is 5.72 Å². The molecule has 1 aromatic heterocycles. The quantitative estimate of drug-likeness (QED) is 0.296. The van der Waals surface area contributed by atoms with Gasteiger partial charge in [0.15, 0.2) is 10.9 Å². The number of benzene rings is 1. The van der Waals surface area contributed by atoms with E-state index in [0.29, 0.717) is 0 Å². The Kier molecular flexibility index (Phi) is 5.12. The Labute approximate surface area is 165 Å². The Balaban J connectivity index is 2.12. The van der Waals surface area contributed by atoms with Crippen molar-refractivity contribution < 1.29 is 28.0 Å². The third-order valence-corrected chi connectivity index (χ3v) is 5.42. The molecule has 3 rings (SSSR count). The molecular weight excluding hydrogens is 419 g/mol. The fourth-order valence-corrected chi connectivity index (χ4v) is 3.98. The number of Topliss-reactive ketones (excluding diaryl/α,β-unsaturated/α-hetero) is 1. The molecule has 12 heteroatoms. The molecule has 148 valence electrons. The molecule has 1 fully saturated rings. The van der Waals surface area contributed by atoms with Gasteiger partial charge in [0, 0.05) is 12.1 Å². The maximum atomic E-state index is 13.8. The van der Waals surface area contributed by atoms with Gasteiger partial charge in [0.05, 0.1) is 15.8 Å². The summed E-state index contributed by atoms with van der Waals surface area (Å²) < 4.78 is 41.3. The second kappa shape index (κ2) is 7.11. The van der Waals surface area contributed by atoms with Crippen LogP contribution in [-0.4, -0.2) is 32.8 Å². The van der Waals surface area contributed by atoms with E-state index in [-0.39, 0.29) is 16.1 Å². The average molecular weight is 431 g/mol. The van der Waals surface area contributed by atoms with Crippen molar-refractivity contribution in [1.29, 1.82) is 0 Å². The summed E-state index contributed by atoms with van der Waals surface area (Å²) in [5.41, 5.74) is -3.76. The molecule has 1 aliphatic heterocycles. The highest BCUT2D eigenvalue weighted by Gasteiger charge is 2.65. The maximum absolute atomic E-state index is 13.8. The number of aliphatic hydroxyl groups is 1. The van der Waals surface area contributed by atoms with Crippen molar-refractivity contribution in [3.05, 3.63) is 62.3 Å². The van der Waals surface area contributed by atoms with Gasteiger partial charge in [-0.15, -0.1) is 11.3 Å². The minimum atomic E-state index is -5.23. The molecule has 0 unspecified atom stereocenters. The van der Waals surface area contributed by atoms with Gasteiger partial charge in [0.25, 0.3) is 5.69 Å². The Morgan fingerprint density at radius 3 is 2.43 bits per heavy atom. The molecular formula is C16H12F3N3O4S2. The topological polar surface area (TPSA) is 104 Å². The minimum Gasteiger partial charge on any atom is -0.363 e. The van der Waals surface area contributed by atoms with Crippen LogP contribution in [0, 0.1) is 16.0 Å². The lowest BCUT2D eigenvalue weighted by Crippen LogP contribution is -2.72. The number of nitrogens with zero attached hydrogens (tertiary/aromatic N) is 1. The first-order chi connectivity index (χ1) is 13.0. The Morgan fingerprint density at radius 1 is 1.29 bits per heavy atom. The van der Waals surface area contributed by atoms with E-state index in [1.165, 1.54) is 29.6 Å². The van der Waals surface area contributed by atoms with Crippen LogP contribution in [0.25, 0.3) is 0 Å². The number of thiophene rings is 1. The lowest BCUT2D eigenvalue weighted by Gasteiger charge is -2.46. The molecule has 0 aliphatic carbocycles. The molecule has 28 heavy (non-hydrogen) atoms. The first-order valence-electron chi connectivity index (χ1n) is 7.74. The largest absolute Gasteiger partial charge is 0.437 e. The van der Waals surface area contributed by atoms with Gasteiger partial charge >= 0.3 is 6.18 Å². The number of hydrogen-bond donors (Lipinski definition) is 3. The van der Waals surface area contributed by atoms with E-state index in [0.717, 1.165) is 23.5 Å². The van der Waals surface area contributed by atoms with Gasteiger partial charge in [-0.1, -0.05) is 18.2 Å². The molecule has 1 aromatic carbocycles. The van der Waals surface area contributed by atoms with Crippen LogP contribution in [0.15, 0.2) is 41.8 Å². The summed E-state index contributed by atoms with van der Waals surface area (Å²) in [5.74, 6) is -2.97. The number of halogens is 3. The zero-order valence-corrected chi connectivity index (χ0v) is 15.4. The third kappa shape index (κ3) is 3.45. The summed E-state index contributed by atoms with van der Waals surface area (Å²) >= 11 is 5.74. The van der Waals surface area contributed by atoms with Gasteiger partial charge in [-0.3, -0.25) is 14.9 Å². The number of non-ortho nitro benzene ring substituents is 1. The number of nitrogens with one attached hydrogen (secondary N) is 2. The summed E-state index contributed by atoms with van der Waals surface area (Å²) in [6.07, 6.45) is -5.23. The number of carbonyl (C=O) groups excluding carboxylic acids is 1. The van der Waals surface area contributed by atoms with Gasteiger partial charge in [-0.25, -0.2) is 0 Å². The zero-order chi connectivity index (χ0) is 20.7. The van der Waals surface area contributed by atoms with E-state index in [9.17, 15) is 33.2 Å². The fraction of sp³-hybridized carbons (Fsp3) is 0.250. The molecule has 3 atom stereocenters. The van der Waals surface area contributed by atoms with Crippen molar-refractivity contribution in [2.75, 3.05) is 0 Å². The van der Waals surface area contributed by atoms with Crippen molar-refractivity contribution in [2.24, 2.45) is 5.92 Å². The number of nitro benzene ring substituents is 1. The Hall–Kier alpha value is -2.57. The van der Waals surface area contributed by atoms with Crippen molar-refractivity contribution in [3.8, 4) is 0 Å².